The van der Waals surface area contributed by atoms with Crippen LogP contribution in [0, 0.1) is 5.82 Å². The van der Waals surface area contributed by atoms with Gasteiger partial charge in [-0.05, 0) is 58.7 Å². The maximum atomic E-state index is 13.1. The Bertz CT molecular complexity index is 1160. The lowest BCUT2D eigenvalue weighted by Gasteiger charge is -2.21. The van der Waals surface area contributed by atoms with E-state index in [4.69, 9.17) is 4.42 Å². The Kier molecular flexibility index (Phi) is 5.46. The first-order chi connectivity index (χ1) is 13.9. The van der Waals surface area contributed by atoms with Crippen molar-refractivity contribution < 1.29 is 22.0 Å². The normalized spacial score (nSPS) is 16.1. The second kappa shape index (κ2) is 7.89. The number of carbonyl (C=O) groups is 1. The Morgan fingerprint density at radius 2 is 1.79 bits per heavy atom. The SMILES string of the molecule is O=C(c1cc2cccc(Br)c2o1)N1CCCN(S(=O)(=O)c2ccc(F)cc2)CC1. The molecular weight excluding hydrogens is 463 g/mol. The zero-order valence-electron chi connectivity index (χ0n) is 15.3. The minimum absolute atomic E-state index is 0.0424. The van der Waals surface area contributed by atoms with Crippen molar-refractivity contribution in [2.45, 2.75) is 11.3 Å². The zero-order valence-corrected chi connectivity index (χ0v) is 17.7. The molecule has 0 unspecified atom stereocenters. The molecule has 6 nitrogen and oxygen atoms in total. The summed E-state index contributed by atoms with van der Waals surface area (Å²) in [4.78, 5) is 14.5. The summed E-state index contributed by atoms with van der Waals surface area (Å²) in [6.45, 7) is 1.12. The number of halogens is 2. The fourth-order valence-electron chi connectivity index (χ4n) is 3.38. The molecular formula is C20H18BrFN2O4S. The van der Waals surface area contributed by atoms with E-state index in [1.54, 1.807) is 11.0 Å². The van der Waals surface area contributed by atoms with Crippen LogP contribution in [0.4, 0.5) is 4.39 Å². The average molecular weight is 481 g/mol. The van der Waals surface area contributed by atoms with Gasteiger partial charge in [0.25, 0.3) is 5.91 Å². The molecule has 0 bridgehead atoms. The van der Waals surface area contributed by atoms with Gasteiger partial charge in [-0.1, -0.05) is 12.1 Å². The van der Waals surface area contributed by atoms with E-state index in [1.807, 2.05) is 18.2 Å². The Hall–Kier alpha value is -2.23. The molecule has 1 aliphatic heterocycles. The number of fused-ring (bicyclic) bond motifs is 1. The predicted octanol–water partition coefficient (Wildman–Crippen LogP) is 3.87. The first-order valence-corrected chi connectivity index (χ1v) is 11.3. The topological polar surface area (TPSA) is 70.8 Å². The maximum Gasteiger partial charge on any atom is 0.289 e. The van der Waals surface area contributed by atoms with E-state index in [0.717, 1.165) is 22.0 Å². The van der Waals surface area contributed by atoms with Crippen molar-refractivity contribution in [2.75, 3.05) is 26.2 Å². The van der Waals surface area contributed by atoms with Crippen molar-refractivity contribution in [2.24, 2.45) is 0 Å². The summed E-state index contributed by atoms with van der Waals surface area (Å²) < 4.78 is 46.6. The quantitative estimate of drug-likeness (QED) is 0.570. The van der Waals surface area contributed by atoms with Gasteiger partial charge in [0.2, 0.25) is 10.0 Å². The Morgan fingerprint density at radius 3 is 2.52 bits per heavy atom. The number of amides is 1. The molecule has 9 heteroatoms. The number of sulfonamides is 1. The van der Waals surface area contributed by atoms with Crippen LogP contribution < -0.4 is 0 Å². The monoisotopic (exact) mass is 480 g/mol. The summed E-state index contributed by atoms with van der Waals surface area (Å²) in [5.74, 6) is -0.537. The van der Waals surface area contributed by atoms with E-state index in [1.165, 1.54) is 16.4 Å². The van der Waals surface area contributed by atoms with Gasteiger partial charge < -0.3 is 9.32 Å². The van der Waals surface area contributed by atoms with E-state index in [0.29, 0.717) is 18.5 Å². The van der Waals surface area contributed by atoms with E-state index in [9.17, 15) is 17.6 Å². The molecule has 3 aromatic rings. The Labute approximate surface area is 176 Å². The summed E-state index contributed by atoms with van der Waals surface area (Å²) >= 11 is 3.41. The van der Waals surface area contributed by atoms with Crippen LogP contribution in [0.3, 0.4) is 0 Å². The third kappa shape index (κ3) is 3.94. The second-order valence-electron chi connectivity index (χ2n) is 6.77. The minimum atomic E-state index is -3.74. The number of hydrogen-bond acceptors (Lipinski definition) is 4. The van der Waals surface area contributed by atoms with Crippen molar-refractivity contribution in [1.29, 1.82) is 0 Å². The molecule has 0 aliphatic carbocycles. The minimum Gasteiger partial charge on any atom is -0.450 e. The summed E-state index contributed by atoms with van der Waals surface area (Å²) in [6, 6.07) is 12.0. The molecule has 0 saturated carbocycles. The van der Waals surface area contributed by atoms with Gasteiger partial charge >= 0.3 is 0 Å². The smallest absolute Gasteiger partial charge is 0.289 e. The van der Waals surface area contributed by atoms with Crippen LogP contribution in [0.15, 0.2) is 62.3 Å². The number of nitrogens with zero attached hydrogens (tertiary/aromatic N) is 2. The van der Waals surface area contributed by atoms with Crippen LogP contribution in [-0.2, 0) is 10.0 Å². The number of rotatable bonds is 3. The molecule has 4 rings (SSSR count). The van der Waals surface area contributed by atoms with Gasteiger partial charge in [-0.25, -0.2) is 12.8 Å². The molecule has 0 radical (unpaired) electrons. The molecule has 0 spiro atoms. The summed E-state index contributed by atoms with van der Waals surface area (Å²) in [5.41, 5.74) is 0.603. The van der Waals surface area contributed by atoms with E-state index >= 15 is 0 Å². The number of para-hydroxylation sites is 1. The van der Waals surface area contributed by atoms with E-state index in [-0.39, 0.29) is 36.2 Å². The predicted molar refractivity (Wildman–Crippen MR) is 110 cm³/mol. The molecule has 2 heterocycles. The first kappa shape index (κ1) is 20.1. The maximum absolute atomic E-state index is 13.1. The van der Waals surface area contributed by atoms with Gasteiger partial charge in [-0.2, -0.15) is 4.31 Å². The molecule has 0 N–H and O–H groups in total. The Morgan fingerprint density at radius 1 is 1.03 bits per heavy atom. The zero-order chi connectivity index (χ0) is 20.6. The highest BCUT2D eigenvalue weighted by Gasteiger charge is 2.29. The van der Waals surface area contributed by atoms with Crippen LogP contribution in [0.2, 0.25) is 0 Å². The van der Waals surface area contributed by atoms with Crippen molar-refractivity contribution >= 4 is 42.8 Å². The summed E-state index contributed by atoms with van der Waals surface area (Å²) in [5, 5.41) is 0.818. The fourth-order valence-corrected chi connectivity index (χ4v) is 5.31. The molecule has 29 heavy (non-hydrogen) atoms. The molecule has 152 valence electrons. The fraction of sp³-hybridized carbons (Fsp3) is 0.250. The highest BCUT2D eigenvalue weighted by Crippen LogP contribution is 2.28. The number of hydrogen-bond donors (Lipinski definition) is 0. The lowest BCUT2D eigenvalue weighted by atomic mass is 10.2. The lowest BCUT2D eigenvalue weighted by Crippen LogP contribution is -2.37. The molecule has 2 aromatic carbocycles. The third-order valence-corrected chi connectivity index (χ3v) is 7.44. The van der Waals surface area contributed by atoms with E-state index in [2.05, 4.69) is 15.9 Å². The van der Waals surface area contributed by atoms with Crippen molar-refractivity contribution in [3.05, 3.63) is 64.6 Å². The standard InChI is InChI=1S/C20H18BrFN2O4S/c21-17-4-1-3-14-13-18(28-19(14)17)20(25)23-9-2-10-24(12-11-23)29(26,27)16-7-5-15(22)6-8-16/h1,3-8,13H,2,9-12H2. The number of carbonyl (C=O) groups excluding carboxylic acids is 1. The van der Waals surface area contributed by atoms with Gasteiger partial charge in [0, 0.05) is 31.6 Å². The van der Waals surface area contributed by atoms with Crippen LogP contribution in [0.1, 0.15) is 17.0 Å². The number of benzene rings is 2. The third-order valence-electron chi connectivity index (χ3n) is 4.90. The molecule has 1 amide bonds. The Balaban J connectivity index is 1.51. The molecule has 1 aliphatic rings. The largest absolute Gasteiger partial charge is 0.450 e. The molecule has 1 fully saturated rings. The average Bonchev–Trinajstić information content (AvgIpc) is 2.98. The molecule has 1 aromatic heterocycles. The van der Waals surface area contributed by atoms with Crippen molar-refractivity contribution in [3.8, 4) is 0 Å². The first-order valence-electron chi connectivity index (χ1n) is 9.09. The van der Waals surface area contributed by atoms with Gasteiger partial charge in [-0.3, -0.25) is 4.79 Å². The summed E-state index contributed by atoms with van der Waals surface area (Å²) in [6.07, 6.45) is 0.496. The van der Waals surface area contributed by atoms with Crippen molar-refractivity contribution in [1.82, 2.24) is 9.21 Å². The lowest BCUT2D eigenvalue weighted by molar-refractivity contribution is 0.0734. The van der Waals surface area contributed by atoms with Crippen LogP contribution >= 0.6 is 15.9 Å². The summed E-state index contributed by atoms with van der Waals surface area (Å²) in [7, 11) is -3.74. The molecule has 0 atom stereocenters. The number of furan rings is 1. The van der Waals surface area contributed by atoms with Gasteiger partial charge in [0.1, 0.15) is 11.4 Å². The highest BCUT2D eigenvalue weighted by molar-refractivity contribution is 9.10. The van der Waals surface area contributed by atoms with Crippen LogP contribution in [0.5, 0.6) is 0 Å². The highest BCUT2D eigenvalue weighted by atomic mass is 79.9. The van der Waals surface area contributed by atoms with Crippen LogP contribution in [0.25, 0.3) is 11.0 Å². The molecule has 1 saturated heterocycles. The van der Waals surface area contributed by atoms with Gasteiger partial charge in [0.15, 0.2) is 5.76 Å². The van der Waals surface area contributed by atoms with E-state index < -0.39 is 15.8 Å². The van der Waals surface area contributed by atoms with Crippen LogP contribution in [-0.4, -0.2) is 49.7 Å². The van der Waals surface area contributed by atoms with Crippen molar-refractivity contribution in [3.63, 3.8) is 0 Å². The second-order valence-corrected chi connectivity index (χ2v) is 9.56. The van der Waals surface area contributed by atoms with Gasteiger partial charge in [0.05, 0.1) is 9.37 Å². The van der Waals surface area contributed by atoms with Gasteiger partial charge in [-0.15, -0.1) is 0 Å².